The highest BCUT2D eigenvalue weighted by atomic mass is 32.2. The summed E-state index contributed by atoms with van der Waals surface area (Å²) < 4.78 is 67.7. The predicted molar refractivity (Wildman–Crippen MR) is 126 cm³/mol. The Bertz CT molecular complexity index is 1200. The van der Waals surface area contributed by atoms with Gasteiger partial charge in [-0.1, -0.05) is 48.5 Å². The third-order valence-corrected chi connectivity index (χ3v) is 9.40. The molecule has 182 valence electrons. The van der Waals surface area contributed by atoms with Gasteiger partial charge in [-0.25, -0.2) is 8.42 Å². The molecule has 5 nitrogen and oxygen atoms in total. The van der Waals surface area contributed by atoms with E-state index in [1.165, 1.54) is 27.8 Å². The lowest BCUT2D eigenvalue weighted by molar-refractivity contribution is -0.258. The molecule has 0 aliphatic carbocycles. The number of aliphatic hydroxyl groups is 1. The fourth-order valence-electron chi connectivity index (χ4n) is 4.12. The summed E-state index contributed by atoms with van der Waals surface area (Å²) in [4.78, 5) is 2.03. The Labute approximate surface area is 201 Å². The Morgan fingerprint density at radius 3 is 2.26 bits per heavy atom. The van der Waals surface area contributed by atoms with Crippen LogP contribution in [0.1, 0.15) is 18.1 Å². The summed E-state index contributed by atoms with van der Waals surface area (Å²) >= 11 is 1.17. The number of hydrogen-bond donors (Lipinski definition) is 1. The van der Waals surface area contributed by atoms with Crippen molar-refractivity contribution in [3.63, 3.8) is 0 Å². The maximum absolute atomic E-state index is 13.2. The summed E-state index contributed by atoms with van der Waals surface area (Å²) in [6, 6.07) is 18.4. The molecule has 2 atom stereocenters. The molecule has 0 saturated carbocycles. The molecule has 0 amide bonds. The van der Waals surface area contributed by atoms with Crippen LogP contribution >= 0.6 is 11.3 Å². The quantitative estimate of drug-likeness (QED) is 0.525. The third kappa shape index (κ3) is 4.86. The van der Waals surface area contributed by atoms with Crippen LogP contribution < -0.4 is 4.90 Å². The first-order chi connectivity index (χ1) is 16.0. The second-order valence-corrected chi connectivity index (χ2v) is 11.6. The van der Waals surface area contributed by atoms with Crippen molar-refractivity contribution in [1.82, 2.24) is 4.31 Å². The SMILES string of the molecule is C[C@](O)(c1ccc(N2CCN(S(=O)(=O)c3cccs3)C[C@@H]2Cc2ccccc2)cc1)C(F)(F)F. The number of benzene rings is 2. The zero-order valence-corrected chi connectivity index (χ0v) is 20.1. The fraction of sp³-hybridized carbons (Fsp3) is 0.333. The molecule has 34 heavy (non-hydrogen) atoms. The summed E-state index contributed by atoms with van der Waals surface area (Å²) in [5.41, 5.74) is -1.50. The number of nitrogens with zero attached hydrogens (tertiary/aromatic N) is 2. The molecule has 2 heterocycles. The van der Waals surface area contributed by atoms with Crippen molar-refractivity contribution in [2.24, 2.45) is 0 Å². The van der Waals surface area contributed by atoms with E-state index in [0.29, 0.717) is 18.7 Å². The summed E-state index contributed by atoms with van der Waals surface area (Å²) in [5, 5.41) is 11.7. The number of thiophene rings is 1. The van der Waals surface area contributed by atoms with Crippen LogP contribution in [-0.2, 0) is 22.0 Å². The largest absolute Gasteiger partial charge is 0.421 e. The number of rotatable bonds is 6. The van der Waals surface area contributed by atoms with E-state index in [-0.39, 0.29) is 28.9 Å². The summed E-state index contributed by atoms with van der Waals surface area (Å²) in [7, 11) is -3.62. The Balaban J connectivity index is 1.62. The zero-order chi connectivity index (χ0) is 24.6. The summed E-state index contributed by atoms with van der Waals surface area (Å²) in [5.74, 6) is 0. The molecule has 0 bridgehead atoms. The molecular weight excluding hydrogens is 485 g/mol. The number of alkyl halides is 3. The minimum absolute atomic E-state index is 0.222. The van der Waals surface area contributed by atoms with Gasteiger partial charge in [-0.05, 0) is 48.1 Å². The lowest BCUT2D eigenvalue weighted by Crippen LogP contribution is -2.55. The summed E-state index contributed by atoms with van der Waals surface area (Å²) in [6.07, 6.45) is -4.23. The van der Waals surface area contributed by atoms with Crippen molar-refractivity contribution < 1.29 is 26.7 Å². The Hall–Kier alpha value is -2.40. The number of hydrogen-bond acceptors (Lipinski definition) is 5. The molecule has 10 heteroatoms. The van der Waals surface area contributed by atoms with E-state index in [9.17, 15) is 26.7 Å². The molecule has 4 rings (SSSR count). The summed E-state index contributed by atoms with van der Waals surface area (Å²) in [6.45, 7) is 1.62. The van der Waals surface area contributed by atoms with Gasteiger partial charge >= 0.3 is 6.18 Å². The molecule has 0 unspecified atom stereocenters. The maximum Gasteiger partial charge on any atom is 0.421 e. The topological polar surface area (TPSA) is 60.9 Å². The van der Waals surface area contributed by atoms with E-state index in [4.69, 9.17) is 0 Å². The van der Waals surface area contributed by atoms with Gasteiger partial charge in [0.1, 0.15) is 4.21 Å². The number of anilines is 1. The number of piperazine rings is 1. The van der Waals surface area contributed by atoms with Gasteiger partial charge in [0.25, 0.3) is 10.0 Å². The molecule has 0 spiro atoms. The molecule has 1 N–H and O–H groups in total. The average molecular weight is 511 g/mol. The molecule has 1 aliphatic rings. The second-order valence-electron chi connectivity index (χ2n) is 8.45. The second kappa shape index (κ2) is 9.33. The van der Waals surface area contributed by atoms with Crippen LogP contribution in [0.25, 0.3) is 0 Å². The van der Waals surface area contributed by atoms with Gasteiger partial charge in [0.2, 0.25) is 0 Å². The van der Waals surface area contributed by atoms with Crippen molar-refractivity contribution in [1.29, 1.82) is 0 Å². The number of halogens is 3. The molecule has 1 fully saturated rings. The van der Waals surface area contributed by atoms with Crippen LogP contribution in [-0.4, -0.2) is 49.7 Å². The van der Waals surface area contributed by atoms with Gasteiger partial charge in [-0.2, -0.15) is 17.5 Å². The van der Waals surface area contributed by atoms with Crippen molar-refractivity contribution in [3.8, 4) is 0 Å². The number of sulfonamides is 1. The third-order valence-electron chi connectivity index (χ3n) is 6.16. The Morgan fingerprint density at radius 2 is 1.68 bits per heavy atom. The molecular formula is C24H25F3N2O3S2. The van der Waals surface area contributed by atoms with E-state index in [1.54, 1.807) is 29.6 Å². The van der Waals surface area contributed by atoms with Gasteiger partial charge in [-0.3, -0.25) is 0 Å². The van der Waals surface area contributed by atoms with Crippen LogP contribution in [0.4, 0.5) is 18.9 Å². The van der Waals surface area contributed by atoms with Gasteiger partial charge in [0.05, 0.1) is 0 Å². The first kappa shape index (κ1) is 24.7. The first-order valence-electron chi connectivity index (χ1n) is 10.7. The predicted octanol–water partition coefficient (Wildman–Crippen LogP) is 4.64. The van der Waals surface area contributed by atoms with E-state index in [0.717, 1.165) is 12.5 Å². The van der Waals surface area contributed by atoms with Crippen molar-refractivity contribution >= 4 is 27.0 Å². The van der Waals surface area contributed by atoms with Gasteiger partial charge in [0, 0.05) is 31.4 Å². The zero-order valence-electron chi connectivity index (χ0n) is 18.4. The average Bonchev–Trinajstić information content (AvgIpc) is 3.35. The van der Waals surface area contributed by atoms with E-state index in [2.05, 4.69) is 0 Å². The molecule has 1 aromatic heterocycles. The monoisotopic (exact) mass is 510 g/mol. The van der Waals surface area contributed by atoms with Gasteiger partial charge in [0.15, 0.2) is 5.60 Å². The van der Waals surface area contributed by atoms with Crippen molar-refractivity contribution in [2.75, 3.05) is 24.5 Å². The Kier molecular flexibility index (Phi) is 6.78. The van der Waals surface area contributed by atoms with Crippen LogP contribution in [0.3, 0.4) is 0 Å². The lowest BCUT2D eigenvalue weighted by Gasteiger charge is -2.42. The van der Waals surface area contributed by atoms with Crippen molar-refractivity contribution in [2.45, 2.75) is 35.4 Å². The normalized spacial score (nSPS) is 19.7. The van der Waals surface area contributed by atoms with Gasteiger partial charge < -0.3 is 10.0 Å². The highest BCUT2D eigenvalue weighted by Crippen LogP contribution is 2.39. The van der Waals surface area contributed by atoms with E-state index < -0.39 is 21.8 Å². The first-order valence-corrected chi connectivity index (χ1v) is 13.1. The van der Waals surface area contributed by atoms with E-state index >= 15 is 0 Å². The minimum atomic E-state index is -4.80. The molecule has 0 radical (unpaired) electrons. The molecule has 2 aromatic carbocycles. The highest BCUT2D eigenvalue weighted by molar-refractivity contribution is 7.91. The fourth-order valence-corrected chi connectivity index (χ4v) is 6.74. The maximum atomic E-state index is 13.2. The van der Waals surface area contributed by atoms with Crippen LogP contribution in [0.5, 0.6) is 0 Å². The van der Waals surface area contributed by atoms with E-state index in [1.807, 2.05) is 35.2 Å². The van der Waals surface area contributed by atoms with Crippen LogP contribution in [0.2, 0.25) is 0 Å². The highest BCUT2D eigenvalue weighted by Gasteiger charge is 2.51. The lowest BCUT2D eigenvalue weighted by atomic mass is 9.94. The molecule has 3 aromatic rings. The standard InChI is InChI=1S/C24H25F3N2O3S2/c1-23(30,24(25,26)27)19-9-11-20(12-10-19)29-14-13-28(34(31,32)22-8-5-15-33-22)17-21(29)16-18-6-3-2-4-7-18/h2-12,15,21,30H,13-14,16-17H2,1H3/t21-,23-/m0/s1. The van der Waals surface area contributed by atoms with Crippen LogP contribution in [0.15, 0.2) is 76.3 Å². The minimum Gasteiger partial charge on any atom is -0.376 e. The Morgan fingerprint density at radius 1 is 1.00 bits per heavy atom. The van der Waals surface area contributed by atoms with Crippen LogP contribution in [0, 0.1) is 0 Å². The van der Waals surface area contributed by atoms with Crippen molar-refractivity contribution in [3.05, 3.63) is 83.2 Å². The molecule has 1 aliphatic heterocycles. The smallest absolute Gasteiger partial charge is 0.376 e. The van der Waals surface area contributed by atoms with Gasteiger partial charge in [-0.15, -0.1) is 11.3 Å². The molecule has 1 saturated heterocycles.